The van der Waals surface area contributed by atoms with Crippen LogP contribution in [0.3, 0.4) is 0 Å². The summed E-state index contributed by atoms with van der Waals surface area (Å²) < 4.78 is 1.05. The molecule has 4 N–H and O–H groups in total. The van der Waals surface area contributed by atoms with Gasteiger partial charge in [0.05, 0.1) is 6.04 Å². The molecule has 1 unspecified atom stereocenters. The number of aromatic nitrogens is 3. The van der Waals surface area contributed by atoms with Crippen LogP contribution >= 0.6 is 15.9 Å². The lowest BCUT2D eigenvalue weighted by Gasteiger charge is -2.12. The Morgan fingerprint density at radius 2 is 2.38 bits per heavy atom. The van der Waals surface area contributed by atoms with Crippen LogP contribution in [0.15, 0.2) is 35.1 Å². The van der Waals surface area contributed by atoms with Crippen molar-refractivity contribution in [2.45, 2.75) is 12.5 Å². The van der Waals surface area contributed by atoms with Gasteiger partial charge in [-0.3, -0.25) is 10.9 Å². The summed E-state index contributed by atoms with van der Waals surface area (Å²) in [5.74, 6) is 6.24. The molecule has 5 nitrogen and oxygen atoms in total. The second-order valence-electron chi connectivity index (χ2n) is 3.42. The summed E-state index contributed by atoms with van der Waals surface area (Å²) in [5, 5.41) is 6.62. The number of nitrogens with one attached hydrogen (secondary N) is 2. The molecule has 0 fully saturated rings. The SMILES string of the molecule is NNC(Cc1cccc(Br)c1)c1ncn[nH]1. The van der Waals surface area contributed by atoms with Gasteiger partial charge in [-0.2, -0.15) is 5.10 Å². The Labute approximate surface area is 102 Å². The third kappa shape index (κ3) is 2.66. The van der Waals surface area contributed by atoms with E-state index in [4.69, 9.17) is 5.84 Å². The molecule has 2 aromatic rings. The minimum absolute atomic E-state index is 0.0585. The zero-order chi connectivity index (χ0) is 11.4. The molecule has 0 amide bonds. The van der Waals surface area contributed by atoms with E-state index in [0.717, 1.165) is 16.7 Å². The number of halogens is 1. The van der Waals surface area contributed by atoms with E-state index in [0.29, 0.717) is 0 Å². The van der Waals surface area contributed by atoms with Crippen LogP contribution < -0.4 is 11.3 Å². The highest BCUT2D eigenvalue weighted by atomic mass is 79.9. The minimum atomic E-state index is -0.0585. The maximum atomic E-state index is 5.50. The Morgan fingerprint density at radius 3 is 3.00 bits per heavy atom. The summed E-state index contributed by atoms with van der Waals surface area (Å²) in [7, 11) is 0. The van der Waals surface area contributed by atoms with Gasteiger partial charge in [-0.1, -0.05) is 28.1 Å². The fraction of sp³-hybridized carbons (Fsp3) is 0.200. The Kier molecular flexibility index (Phi) is 3.66. The van der Waals surface area contributed by atoms with Crippen molar-refractivity contribution >= 4 is 15.9 Å². The zero-order valence-electron chi connectivity index (χ0n) is 8.52. The summed E-state index contributed by atoms with van der Waals surface area (Å²) in [6.45, 7) is 0. The van der Waals surface area contributed by atoms with Gasteiger partial charge in [0.2, 0.25) is 0 Å². The predicted octanol–water partition coefficient (Wildman–Crippen LogP) is 1.31. The first-order chi connectivity index (χ1) is 7.79. The van der Waals surface area contributed by atoms with Crippen LogP contribution in [0.1, 0.15) is 17.4 Å². The molecule has 1 heterocycles. The largest absolute Gasteiger partial charge is 0.271 e. The minimum Gasteiger partial charge on any atom is -0.271 e. The average molecular weight is 282 g/mol. The smallest absolute Gasteiger partial charge is 0.143 e. The molecule has 1 aromatic heterocycles. The Bertz CT molecular complexity index is 442. The number of hydrogen-bond donors (Lipinski definition) is 3. The summed E-state index contributed by atoms with van der Waals surface area (Å²) in [6, 6.07) is 8.03. The summed E-state index contributed by atoms with van der Waals surface area (Å²) >= 11 is 3.44. The van der Waals surface area contributed by atoms with E-state index in [1.54, 1.807) is 0 Å². The molecule has 84 valence electrons. The molecule has 1 aromatic carbocycles. The molecule has 0 aliphatic carbocycles. The highest BCUT2D eigenvalue weighted by Crippen LogP contribution is 2.17. The first-order valence-electron chi connectivity index (χ1n) is 4.85. The van der Waals surface area contributed by atoms with Crippen LogP contribution in [0.4, 0.5) is 0 Å². The first kappa shape index (κ1) is 11.3. The topological polar surface area (TPSA) is 79.6 Å². The highest BCUT2D eigenvalue weighted by Gasteiger charge is 2.13. The van der Waals surface area contributed by atoms with Gasteiger partial charge in [0.15, 0.2) is 0 Å². The van der Waals surface area contributed by atoms with Gasteiger partial charge < -0.3 is 0 Å². The quantitative estimate of drug-likeness (QED) is 0.583. The van der Waals surface area contributed by atoms with Crippen molar-refractivity contribution in [3.63, 3.8) is 0 Å². The molecule has 0 radical (unpaired) electrons. The molecule has 6 heteroatoms. The molecule has 0 aliphatic heterocycles. The number of hydrogen-bond acceptors (Lipinski definition) is 4. The fourth-order valence-electron chi connectivity index (χ4n) is 1.52. The van der Waals surface area contributed by atoms with Gasteiger partial charge >= 0.3 is 0 Å². The molecule has 0 bridgehead atoms. The second kappa shape index (κ2) is 5.20. The monoisotopic (exact) mass is 281 g/mol. The number of nitrogens with zero attached hydrogens (tertiary/aromatic N) is 2. The highest BCUT2D eigenvalue weighted by molar-refractivity contribution is 9.10. The Hall–Kier alpha value is -1.24. The molecule has 1 atom stereocenters. The molecule has 0 saturated carbocycles. The second-order valence-corrected chi connectivity index (χ2v) is 4.34. The van der Waals surface area contributed by atoms with Crippen molar-refractivity contribution < 1.29 is 0 Å². The maximum absolute atomic E-state index is 5.50. The van der Waals surface area contributed by atoms with E-state index < -0.39 is 0 Å². The molecule has 0 aliphatic rings. The van der Waals surface area contributed by atoms with E-state index in [-0.39, 0.29) is 6.04 Å². The molecule has 2 rings (SSSR count). The molecule has 0 saturated heterocycles. The van der Waals surface area contributed by atoms with Gasteiger partial charge in [0, 0.05) is 4.47 Å². The van der Waals surface area contributed by atoms with Crippen LogP contribution in [-0.2, 0) is 6.42 Å². The van der Waals surface area contributed by atoms with Gasteiger partial charge in [-0.15, -0.1) is 0 Å². The van der Waals surface area contributed by atoms with Crippen molar-refractivity contribution in [2.24, 2.45) is 5.84 Å². The number of benzene rings is 1. The molecule has 16 heavy (non-hydrogen) atoms. The van der Waals surface area contributed by atoms with Crippen molar-refractivity contribution in [1.82, 2.24) is 20.6 Å². The summed E-state index contributed by atoms with van der Waals surface area (Å²) in [4.78, 5) is 4.09. The van der Waals surface area contributed by atoms with Crippen molar-refractivity contribution in [1.29, 1.82) is 0 Å². The Morgan fingerprint density at radius 1 is 1.50 bits per heavy atom. The standard InChI is InChI=1S/C10H12BrN5/c11-8-3-1-2-7(4-8)5-9(15-12)10-13-6-14-16-10/h1-4,6,9,15H,5,12H2,(H,13,14,16). The Balaban J connectivity index is 2.13. The number of H-pyrrole nitrogens is 1. The summed E-state index contributed by atoms with van der Waals surface area (Å²) in [5.41, 5.74) is 3.90. The molecular weight excluding hydrogens is 270 g/mol. The zero-order valence-corrected chi connectivity index (χ0v) is 10.1. The molecular formula is C10H12BrN5. The maximum Gasteiger partial charge on any atom is 0.143 e. The van der Waals surface area contributed by atoms with E-state index in [1.807, 2.05) is 18.2 Å². The van der Waals surface area contributed by atoms with Crippen LogP contribution in [-0.4, -0.2) is 15.2 Å². The van der Waals surface area contributed by atoms with Gasteiger partial charge in [-0.05, 0) is 24.1 Å². The number of rotatable bonds is 4. The normalized spacial score (nSPS) is 12.6. The molecule has 0 spiro atoms. The van der Waals surface area contributed by atoms with Crippen LogP contribution in [0.5, 0.6) is 0 Å². The number of hydrazine groups is 1. The first-order valence-corrected chi connectivity index (χ1v) is 5.64. The van der Waals surface area contributed by atoms with Crippen LogP contribution in [0.2, 0.25) is 0 Å². The van der Waals surface area contributed by atoms with Crippen molar-refractivity contribution in [2.75, 3.05) is 0 Å². The fourth-order valence-corrected chi connectivity index (χ4v) is 1.96. The van der Waals surface area contributed by atoms with Gasteiger partial charge in [0.25, 0.3) is 0 Å². The van der Waals surface area contributed by atoms with E-state index in [1.165, 1.54) is 11.9 Å². The van der Waals surface area contributed by atoms with Crippen LogP contribution in [0.25, 0.3) is 0 Å². The summed E-state index contributed by atoms with van der Waals surface area (Å²) in [6.07, 6.45) is 2.23. The van der Waals surface area contributed by atoms with E-state index in [9.17, 15) is 0 Å². The van der Waals surface area contributed by atoms with Gasteiger partial charge in [0.1, 0.15) is 12.2 Å². The average Bonchev–Trinajstić information content (AvgIpc) is 2.79. The van der Waals surface area contributed by atoms with Gasteiger partial charge in [-0.25, -0.2) is 10.4 Å². The van der Waals surface area contributed by atoms with E-state index in [2.05, 4.69) is 42.6 Å². The number of nitrogens with two attached hydrogens (primary N) is 1. The van der Waals surface area contributed by atoms with Crippen molar-refractivity contribution in [3.8, 4) is 0 Å². The third-order valence-corrected chi connectivity index (χ3v) is 2.79. The number of aromatic amines is 1. The lowest BCUT2D eigenvalue weighted by molar-refractivity contribution is 0.524. The van der Waals surface area contributed by atoms with Crippen LogP contribution in [0, 0.1) is 0 Å². The van der Waals surface area contributed by atoms with Crippen molar-refractivity contribution in [3.05, 3.63) is 46.5 Å². The lowest BCUT2D eigenvalue weighted by Crippen LogP contribution is -2.30. The lowest BCUT2D eigenvalue weighted by atomic mass is 10.1. The van der Waals surface area contributed by atoms with E-state index >= 15 is 0 Å². The predicted molar refractivity (Wildman–Crippen MR) is 64.3 cm³/mol. The third-order valence-electron chi connectivity index (χ3n) is 2.29.